The van der Waals surface area contributed by atoms with Crippen molar-refractivity contribution in [2.45, 2.75) is 104 Å². The smallest absolute Gasteiger partial charge is 0.0153 e. The molecule has 1 heteroatoms. The van der Waals surface area contributed by atoms with Crippen LogP contribution in [0.1, 0.15) is 98.8 Å². The molecule has 1 nitrogen and oxygen atoms in total. The molecule has 0 rings (SSSR count). The van der Waals surface area contributed by atoms with Gasteiger partial charge in [0.1, 0.15) is 0 Å². The Morgan fingerprint density at radius 2 is 1.11 bits per heavy atom. The maximum atomic E-state index is 2.75. The Morgan fingerprint density at radius 1 is 0.632 bits per heavy atom. The summed E-state index contributed by atoms with van der Waals surface area (Å²) in [6, 6.07) is 0. The van der Waals surface area contributed by atoms with E-state index in [0.717, 1.165) is 0 Å². The number of hydrogen-bond acceptors (Lipinski definition) is 1. The predicted octanol–water partition coefficient (Wildman–Crippen LogP) is 6.03. The molecule has 0 aromatic carbocycles. The molecule has 0 aliphatic heterocycles. The fourth-order valence-corrected chi connectivity index (χ4v) is 2.73. The third-order valence-electron chi connectivity index (χ3n) is 4.31. The van der Waals surface area contributed by atoms with E-state index in [-0.39, 0.29) is 0 Å². The Morgan fingerprint density at radius 3 is 1.58 bits per heavy atom. The zero-order valence-electron chi connectivity index (χ0n) is 14.4. The second-order valence-electron chi connectivity index (χ2n) is 6.67. The predicted molar refractivity (Wildman–Crippen MR) is 88.8 cm³/mol. The molecule has 0 N–H and O–H groups in total. The van der Waals surface area contributed by atoms with Crippen LogP contribution in [0.25, 0.3) is 0 Å². The summed E-state index contributed by atoms with van der Waals surface area (Å²) in [5.74, 6) is 0. The van der Waals surface area contributed by atoms with Gasteiger partial charge in [0.15, 0.2) is 0 Å². The van der Waals surface area contributed by atoms with E-state index < -0.39 is 0 Å². The first-order valence-corrected chi connectivity index (χ1v) is 8.83. The maximum absolute atomic E-state index is 2.75. The summed E-state index contributed by atoms with van der Waals surface area (Å²) in [4.78, 5) is 2.75. The number of rotatable bonds is 13. The molecule has 0 unspecified atom stereocenters. The number of nitrogens with zero attached hydrogens (tertiary/aromatic N) is 1. The van der Waals surface area contributed by atoms with Crippen molar-refractivity contribution in [3.8, 4) is 0 Å². The molecule has 0 aliphatic rings. The molecule has 0 aromatic rings. The summed E-state index contributed by atoms with van der Waals surface area (Å²) in [5, 5.41) is 0. The first kappa shape index (κ1) is 19.0. The summed E-state index contributed by atoms with van der Waals surface area (Å²) in [5.41, 5.74) is 0.399. The van der Waals surface area contributed by atoms with Crippen LogP contribution in [0.3, 0.4) is 0 Å². The molecule has 0 bridgehead atoms. The molecular formula is C18H39N. The lowest BCUT2D eigenvalue weighted by molar-refractivity contribution is 0.104. The van der Waals surface area contributed by atoms with Gasteiger partial charge in [-0.2, -0.15) is 0 Å². The van der Waals surface area contributed by atoms with Crippen molar-refractivity contribution in [3.63, 3.8) is 0 Å². The van der Waals surface area contributed by atoms with Crippen molar-refractivity contribution in [2.75, 3.05) is 13.1 Å². The highest BCUT2D eigenvalue weighted by Gasteiger charge is 2.24. The molecule has 0 fully saturated rings. The van der Waals surface area contributed by atoms with Gasteiger partial charge in [0, 0.05) is 5.54 Å². The molecule has 0 saturated carbocycles. The van der Waals surface area contributed by atoms with Gasteiger partial charge in [-0.3, -0.25) is 4.90 Å². The largest absolute Gasteiger partial charge is 0.298 e. The lowest BCUT2D eigenvalue weighted by Gasteiger charge is -2.39. The van der Waals surface area contributed by atoms with Crippen molar-refractivity contribution in [2.24, 2.45) is 0 Å². The Kier molecular flexibility index (Phi) is 11.7. The quantitative estimate of drug-likeness (QED) is 0.369. The van der Waals surface area contributed by atoms with Crippen molar-refractivity contribution >= 4 is 0 Å². The molecule has 0 spiro atoms. The number of hydrogen-bond donors (Lipinski definition) is 0. The van der Waals surface area contributed by atoms with Crippen LogP contribution >= 0.6 is 0 Å². The minimum Gasteiger partial charge on any atom is -0.298 e. The Bertz CT molecular complexity index is 178. The van der Waals surface area contributed by atoms with Gasteiger partial charge >= 0.3 is 0 Å². The van der Waals surface area contributed by atoms with E-state index >= 15 is 0 Å². The van der Waals surface area contributed by atoms with E-state index in [9.17, 15) is 0 Å². The van der Waals surface area contributed by atoms with E-state index in [4.69, 9.17) is 0 Å². The van der Waals surface area contributed by atoms with E-state index in [1.165, 1.54) is 77.3 Å². The maximum Gasteiger partial charge on any atom is 0.0153 e. The summed E-state index contributed by atoms with van der Waals surface area (Å²) < 4.78 is 0. The van der Waals surface area contributed by atoms with Gasteiger partial charge in [-0.05, 0) is 46.2 Å². The molecular weight excluding hydrogens is 230 g/mol. The summed E-state index contributed by atoms with van der Waals surface area (Å²) in [6.45, 7) is 14.4. The van der Waals surface area contributed by atoms with Gasteiger partial charge in [0.25, 0.3) is 0 Å². The van der Waals surface area contributed by atoms with Gasteiger partial charge in [-0.1, -0.05) is 65.7 Å². The topological polar surface area (TPSA) is 3.24 Å². The van der Waals surface area contributed by atoms with Gasteiger partial charge in [-0.25, -0.2) is 0 Å². The fourth-order valence-electron chi connectivity index (χ4n) is 2.73. The SMILES string of the molecule is CCCCCCCC(C)(C)N(CCCC)CCCC. The van der Waals surface area contributed by atoms with Gasteiger partial charge < -0.3 is 0 Å². The van der Waals surface area contributed by atoms with Crippen molar-refractivity contribution in [3.05, 3.63) is 0 Å². The van der Waals surface area contributed by atoms with E-state index in [0.29, 0.717) is 5.54 Å². The first-order chi connectivity index (χ1) is 9.08. The van der Waals surface area contributed by atoms with Gasteiger partial charge in [-0.15, -0.1) is 0 Å². The molecule has 0 amide bonds. The molecule has 0 aromatic heterocycles. The zero-order valence-corrected chi connectivity index (χ0v) is 14.4. The zero-order chi connectivity index (χ0) is 14.6. The highest BCUT2D eigenvalue weighted by atomic mass is 15.2. The van der Waals surface area contributed by atoms with Crippen LogP contribution in [0.15, 0.2) is 0 Å². The van der Waals surface area contributed by atoms with Crippen molar-refractivity contribution in [1.29, 1.82) is 0 Å². The van der Waals surface area contributed by atoms with Gasteiger partial charge in [0.2, 0.25) is 0 Å². The summed E-state index contributed by atoms with van der Waals surface area (Å²) in [6.07, 6.45) is 13.7. The molecule has 0 radical (unpaired) electrons. The Labute approximate surface area is 123 Å². The van der Waals surface area contributed by atoms with E-state index in [2.05, 4.69) is 39.5 Å². The molecule has 0 aliphatic carbocycles. The monoisotopic (exact) mass is 269 g/mol. The Balaban J connectivity index is 4.09. The lowest BCUT2D eigenvalue weighted by Crippen LogP contribution is -2.45. The average molecular weight is 270 g/mol. The molecule has 0 saturated heterocycles. The summed E-state index contributed by atoms with van der Waals surface area (Å²) in [7, 11) is 0. The molecule has 116 valence electrons. The highest BCUT2D eigenvalue weighted by molar-refractivity contribution is 4.81. The third kappa shape index (κ3) is 9.49. The van der Waals surface area contributed by atoms with Crippen molar-refractivity contribution < 1.29 is 0 Å². The minimum absolute atomic E-state index is 0.399. The second-order valence-corrected chi connectivity index (χ2v) is 6.67. The first-order valence-electron chi connectivity index (χ1n) is 8.83. The van der Waals surface area contributed by atoms with Crippen LogP contribution in [-0.4, -0.2) is 23.5 Å². The average Bonchev–Trinajstić information content (AvgIpc) is 2.38. The molecule has 19 heavy (non-hydrogen) atoms. The van der Waals surface area contributed by atoms with E-state index in [1.807, 2.05) is 0 Å². The van der Waals surface area contributed by atoms with Crippen LogP contribution in [0.4, 0.5) is 0 Å². The molecule has 0 atom stereocenters. The normalized spacial score (nSPS) is 12.3. The molecule has 0 heterocycles. The van der Waals surface area contributed by atoms with Crippen molar-refractivity contribution in [1.82, 2.24) is 4.90 Å². The lowest BCUT2D eigenvalue weighted by atomic mass is 9.93. The standard InChI is InChI=1S/C18H39N/c1-6-9-12-13-14-15-18(4,5)19(16-10-7-2)17-11-8-3/h6-17H2,1-5H3. The fraction of sp³-hybridized carbons (Fsp3) is 1.00. The minimum atomic E-state index is 0.399. The summed E-state index contributed by atoms with van der Waals surface area (Å²) >= 11 is 0. The van der Waals surface area contributed by atoms with Crippen LogP contribution in [0.2, 0.25) is 0 Å². The van der Waals surface area contributed by atoms with Crippen LogP contribution < -0.4 is 0 Å². The van der Waals surface area contributed by atoms with Crippen LogP contribution in [0.5, 0.6) is 0 Å². The second kappa shape index (κ2) is 11.8. The van der Waals surface area contributed by atoms with Gasteiger partial charge in [0.05, 0.1) is 0 Å². The Hall–Kier alpha value is -0.0400. The highest BCUT2D eigenvalue weighted by Crippen LogP contribution is 2.23. The van der Waals surface area contributed by atoms with Crippen LogP contribution in [0, 0.1) is 0 Å². The van der Waals surface area contributed by atoms with Crippen LogP contribution in [-0.2, 0) is 0 Å². The van der Waals surface area contributed by atoms with E-state index in [1.54, 1.807) is 0 Å². The third-order valence-corrected chi connectivity index (χ3v) is 4.31. The number of unbranched alkanes of at least 4 members (excludes halogenated alkanes) is 6.